The van der Waals surface area contributed by atoms with E-state index in [2.05, 4.69) is 22.4 Å². The van der Waals surface area contributed by atoms with Gasteiger partial charge in [0.1, 0.15) is 4.64 Å². The van der Waals surface area contributed by atoms with Crippen LogP contribution in [0.3, 0.4) is 0 Å². The summed E-state index contributed by atoms with van der Waals surface area (Å²) in [7, 11) is 0. The lowest BCUT2D eigenvalue weighted by Gasteiger charge is -1.87. The number of nitrogens with one attached hydrogen (secondary N) is 2. The van der Waals surface area contributed by atoms with Gasteiger partial charge in [0.05, 0.1) is 5.56 Å². The van der Waals surface area contributed by atoms with Crippen LogP contribution in [0.25, 0.3) is 0 Å². The topological polar surface area (TPSA) is 31.6 Å². The molecule has 0 aliphatic carbocycles. The molecule has 0 atom stereocenters. The molecule has 0 aliphatic heterocycles. The van der Waals surface area contributed by atoms with E-state index in [0.717, 1.165) is 6.20 Å². The monoisotopic (exact) mass is 150 g/mol. The van der Waals surface area contributed by atoms with Crippen molar-refractivity contribution in [2.75, 3.05) is 0 Å². The van der Waals surface area contributed by atoms with Crippen molar-refractivity contribution in [3.05, 3.63) is 16.4 Å². The molecule has 0 bridgehead atoms. The van der Waals surface area contributed by atoms with Gasteiger partial charge < -0.3 is 5.10 Å². The van der Waals surface area contributed by atoms with Crippen molar-refractivity contribution in [3.63, 3.8) is 0 Å². The molecule has 0 aromatic carbocycles. The van der Waals surface area contributed by atoms with E-state index >= 15 is 0 Å². The Morgan fingerprint density at radius 1 is 1.56 bits per heavy atom. The number of alkyl halides is 2. The Balaban J connectivity index is 3.08. The molecule has 0 aliphatic rings. The average molecular weight is 150 g/mol. The van der Waals surface area contributed by atoms with Crippen molar-refractivity contribution < 1.29 is 8.78 Å². The Kier molecular flexibility index (Phi) is 1.61. The first-order chi connectivity index (χ1) is 4.22. The molecular formula is C4H4F2N2S. The van der Waals surface area contributed by atoms with E-state index in [1.54, 1.807) is 0 Å². The largest absolute Gasteiger partial charge is 0.307 e. The molecule has 2 nitrogen and oxygen atoms in total. The highest BCUT2D eigenvalue weighted by Gasteiger charge is 2.08. The minimum Gasteiger partial charge on any atom is -0.307 e. The van der Waals surface area contributed by atoms with Crippen LogP contribution in [0, 0.1) is 4.64 Å². The first kappa shape index (κ1) is 6.41. The normalized spacial score (nSPS) is 10.6. The average Bonchev–Trinajstić information content (AvgIpc) is 2.13. The predicted molar refractivity (Wildman–Crippen MR) is 30.9 cm³/mol. The van der Waals surface area contributed by atoms with E-state index in [1.165, 1.54) is 0 Å². The molecule has 1 rings (SSSR count). The molecule has 0 fully saturated rings. The van der Waals surface area contributed by atoms with Crippen LogP contribution >= 0.6 is 12.2 Å². The summed E-state index contributed by atoms with van der Waals surface area (Å²) in [6.07, 6.45) is -1.33. The molecule has 9 heavy (non-hydrogen) atoms. The van der Waals surface area contributed by atoms with Crippen molar-refractivity contribution in [1.29, 1.82) is 0 Å². The molecule has 0 saturated carbocycles. The number of aromatic nitrogens is 2. The van der Waals surface area contributed by atoms with E-state index in [-0.39, 0.29) is 10.2 Å². The van der Waals surface area contributed by atoms with Crippen molar-refractivity contribution in [1.82, 2.24) is 10.2 Å². The third-order valence-corrected chi connectivity index (χ3v) is 1.25. The highest BCUT2D eigenvalue weighted by atomic mass is 32.1. The Morgan fingerprint density at radius 3 is 2.44 bits per heavy atom. The fraction of sp³-hybridized carbons (Fsp3) is 0.250. The minimum absolute atomic E-state index is 0.0741. The molecule has 50 valence electrons. The lowest BCUT2D eigenvalue weighted by Crippen LogP contribution is -1.78. The maximum Gasteiger partial charge on any atom is 0.268 e. The van der Waals surface area contributed by atoms with Crippen molar-refractivity contribution in [3.8, 4) is 0 Å². The predicted octanol–water partition coefficient (Wildman–Crippen LogP) is 2.01. The van der Waals surface area contributed by atoms with Gasteiger partial charge in [-0.3, -0.25) is 5.10 Å². The summed E-state index contributed by atoms with van der Waals surface area (Å²) in [5.41, 5.74) is -0.148. The van der Waals surface area contributed by atoms with Crippen LogP contribution in [0.2, 0.25) is 0 Å². The van der Waals surface area contributed by atoms with Gasteiger partial charge in [-0.2, -0.15) is 0 Å². The molecule has 0 amide bonds. The fourth-order valence-electron chi connectivity index (χ4n) is 0.479. The van der Waals surface area contributed by atoms with Gasteiger partial charge in [0.2, 0.25) is 0 Å². The summed E-state index contributed by atoms with van der Waals surface area (Å²) in [6.45, 7) is 0. The Labute approximate surface area is 54.9 Å². The van der Waals surface area contributed by atoms with Gasteiger partial charge in [-0.05, 0) is 0 Å². The summed E-state index contributed by atoms with van der Waals surface area (Å²) in [4.78, 5) is 0. The smallest absolute Gasteiger partial charge is 0.268 e. The van der Waals surface area contributed by atoms with Crippen LogP contribution in [0.1, 0.15) is 12.0 Å². The van der Waals surface area contributed by atoms with E-state index < -0.39 is 6.43 Å². The Morgan fingerprint density at radius 2 is 2.22 bits per heavy atom. The number of hydrogen-bond acceptors (Lipinski definition) is 1. The number of aromatic amines is 2. The molecule has 0 saturated heterocycles. The van der Waals surface area contributed by atoms with Crippen LogP contribution in [-0.2, 0) is 0 Å². The molecule has 2 N–H and O–H groups in total. The standard InChI is InChI=1S/C4H4F2N2S/c5-3(6)2-1-7-8-4(2)9/h1,3H,(H2,7,8,9). The Bertz CT molecular complexity index is 239. The third-order valence-electron chi connectivity index (χ3n) is 0.911. The zero-order valence-electron chi connectivity index (χ0n) is 4.32. The van der Waals surface area contributed by atoms with Crippen LogP contribution in [-0.4, -0.2) is 10.2 Å². The second kappa shape index (κ2) is 2.26. The van der Waals surface area contributed by atoms with Gasteiger partial charge in [-0.15, -0.1) is 0 Å². The second-order valence-corrected chi connectivity index (χ2v) is 1.91. The number of hydrogen-bond donors (Lipinski definition) is 2. The van der Waals surface area contributed by atoms with Crippen molar-refractivity contribution in [2.24, 2.45) is 0 Å². The lowest BCUT2D eigenvalue weighted by molar-refractivity contribution is 0.151. The summed E-state index contributed by atoms with van der Waals surface area (Å²) in [6, 6.07) is 0. The highest BCUT2D eigenvalue weighted by Crippen LogP contribution is 2.17. The molecule has 0 unspecified atom stereocenters. The van der Waals surface area contributed by atoms with Gasteiger partial charge in [0.25, 0.3) is 6.43 Å². The number of halogens is 2. The first-order valence-electron chi connectivity index (χ1n) is 2.26. The van der Waals surface area contributed by atoms with Crippen molar-refractivity contribution >= 4 is 12.2 Å². The molecule has 1 heterocycles. The quantitative estimate of drug-likeness (QED) is 0.589. The summed E-state index contributed by atoms with van der Waals surface area (Å²) in [5, 5.41) is 4.73. The van der Waals surface area contributed by atoms with E-state index in [0.29, 0.717) is 0 Å². The highest BCUT2D eigenvalue weighted by molar-refractivity contribution is 7.71. The van der Waals surface area contributed by atoms with Crippen LogP contribution < -0.4 is 0 Å². The summed E-state index contributed by atoms with van der Waals surface area (Å²) >= 11 is 4.49. The van der Waals surface area contributed by atoms with Gasteiger partial charge in [0.15, 0.2) is 0 Å². The van der Waals surface area contributed by atoms with Crippen LogP contribution in [0.4, 0.5) is 8.78 Å². The minimum atomic E-state index is -2.49. The second-order valence-electron chi connectivity index (χ2n) is 1.50. The molecule has 0 spiro atoms. The van der Waals surface area contributed by atoms with E-state index in [1.807, 2.05) is 0 Å². The van der Waals surface area contributed by atoms with Gasteiger partial charge >= 0.3 is 0 Å². The summed E-state index contributed by atoms with van der Waals surface area (Å²) in [5.74, 6) is 0. The van der Waals surface area contributed by atoms with Crippen LogP contribution in [0.5, 0.6) is 0 Å². The van der Waals surface area contributed by atoms with Gasteiger partial charge in [-0.1, -0.05) is 12.2 Å². The number of rotatable bonds is 1. The maximum absolute atomic E-state index is 11.8. The molecule has 1 aromatic rings. The SMILES string of the molecule is FC(F)c1c[nH][nH]c1=S. The van der Waals surface area contributed by atoms with Gasteiger partial charge in [0, 0.05) is 6.20 Å². The van der Waals surface area contributed by atoms with Crippen LogP contribution in [0.15, 0.2) is 6.20 Å². The summed E-state index contributed by atoms with van der Waals surface area (Å²) < 4.78 is 23.6. The maximum atomic E-state index is 11.8. The third kappa shape index (κ3) is 1.16. The van der Waals surface area contributed by atoms with E-state index in [4.69, 9.17) is 0 Å². The number of H-pyrrole nitrogens is 2. The Hall–Kier alpha value is -0.710. The van der Waals surface area contributed by atoms with Gasteiger partial charge in [-0.25, -0.2) is 8.78 Å². The lowest BCUT2D eigenvalue weighted by atomic mass is 10.4. The van der Waals surface area contributed by atoms with Crippen molar-refractivity contribution in [2.45, 2.75) is 6.43 Å². The molecular weight excluding hydrogens is 146 g/mol. The zero-order valence-corrected chi connectivity index (χ0v) is 5.14. The molecule has 5 heteroatoms. The molecule has 1 aromatic heterocycles. The fourth-order valence-corrected chi connectivity index (χ4v) is 0.686. The first-order valence-corrected chi connectivity index (χ1v) is 2.66. The molecule has 0 radical (unpaired) electrons. The zero-order chi connectivity index (χ0) is 6.85. The van der Waals surface area contributed by atoms with E-state index in [9.17, 15) is 8.78 Å².